The van der Waals surface area contributed by atoms with Crippen LogP contribution in [0, 0.1) is 5.92 Å². The fraction of sp³-hybridized carbons (Fsp3) is 0.583. The lowest BCUT2D eigenvalue weighted by molar-refractivity contribution is -0.294. The molecular formula is C12H14F3NO. The van der Waals surface area contributed by atoms with E-state index in [0.717, 1.165) is 0 Å². The van der Waals surface area contributed by atoms with E-state index in [2.05, 4.69) is 4.98 Å². The third kappa shape index (κ3) is 2.04. The Hall–Kier alpha value is -1.10. The average Bonchev–Trinajstić information content (AvgIpc) is 3.09. The molecule has 1 aliphatic carbocycles. The maximum Gasteiger partial charge on any atom is 0.423 e. The van der Waals surface area contributed by atoms with Gasteiger partial charge < -0.3 is 4.74 Å². The van der Waals surface area contributed by atoms with Gasteiger partial charge in [0.15, 0.2) is 0 Å². The highest BCUT2D eigenvalue weighted by molar-refractivity contribution is 5.20. The Labute approximate surface area is 97.8 Å². The Morgan fingerprint density at radius 1 is 1.35 bits per heavy atom. The van der Waals surface area contributed by atoms with Gasteiger partial charge in [-0.1, -0.05) is 6.07 Å². The average molecular weight is 245 g/mol. The van der Waals surface area contributed by atoms with Crippen LogP contribution >= 0.6 is 0 Å². The first-order valence-electron chi connectivity index (χ1n) is 5.64. The zero-order valence-corrected chi connectivity index (χ0v) is 9.50. The smallest absolute Gasteiger partial charge is 0.360 e. The van der Waals surface area contributed by atoms with Gasteiger partial charge in [-0.25, -0.2) is 0 Å². The lowest BCUT2D eigenvalue weighted by Crippen LogP contribution is -2.47. The first kappa shape index (κ1) is 12.4. The predicted octanol–water partition coefficient (Wildman–Crippen LogP) is 3.29. The number of hydrogen-bond donors (Lipinski definition) is 0. The second-order valence-corrected chi connectivity index (χ2v) is 4.16. The van der Waals surface area contributed by atoms with Gasteiger partial charge in [0, 0.05) is 18.7 Å². The van der Waals surface area contributed by atoms with Crippen LogP contribution in [-0.4, -0.2) is 17.8 Å². The molecule has 1 heterocycles. The molecule has 17 heavy (non-hydrogen) atoms. The number of pyridine rings is 1. The Kier molecular flexibility index (Phi) is 3.12. The summed E-state index contributed by atoms with van der Waals surface area (Å²) in [7, 11) is 0. The standard InChI is InChI=1S/C12H14F3NO/c1-2-17-11(9-6-7-9,12(13,14)15)10-5-3-4-8-16-10/h3-5,8-9H,2,6-7H2,1H3. The fourth-order valence-electron chi connectivity index (χ4n) is 2.16. The lowest BCUT2D eigenvalue weighted by atomic mass is 9.91. The van der Waals surface area contributed by atoms with Crippen LogP contribution in [0.15, 0.2) is 24.4 Å². The molecule has 1 atom stereocenters. The molecule has 1 aliphatic rings. The molecule has 0 saturated heterocycles. The summed E-state index contributed by atoms with van der Waals surface area (Å²) in [5, 5.41) is 0. The number of ether oxygens (including phenoxy) is 1. The summed E-state index contributed by atoms with van der Waals surface area (Å²) in [5.41, 5.74) is -2.25. The molecule has 1 saturated carbocycles. The van der Waals surface area contributed by atoms with Crippen molar-refractivity contribution in [2.24, 2.45) is 5.92 Å². The van der Waals surface area contributed by atoms with Crippen molar-refractivity contribution >= 4 is 0 Å². The van der Waals surface area contributed by atoms with Crippen molar-refractivity contribution in [3.05, 3.63) is 30.1 Å². The summed E-state index contributed by atoms with van der Waals surface area (Å²) in [6.07, 6.45) is -1.98. The van der Waals surface area contributed by atoms with E-state index in [1.165, 1.54) is 12.3 Å². The van der Waals surface area contributed by atoms with E-state index >= 15 is 0 Å². The summed E-state index contributed by atoms with van der Waals surface area (Å²) < 4.78 is 45.2. The summed E-state index contributed by atoms with van der Waals surface area (Å²) in [6, 6.07) is 4.55. The van der Waals surface area contributed by atoms with Crippen molar-refractivity contribution in [2.75, 3.05) is 6.61 Å². The maximum absolute atomic E-state index is 13.4. The molecule has 0 aliphatic heterocycles. The summed E-state index contributed by atoms with van der Waals surface area (Å²) >= 11 is 0. The van der Waals surface area contributed by atoms with Gasteiger partial charge in [0.2, 0.25) is 5.60 Å². The molecule has 0 amide bonds. The molecule has 0 radical (unpaired) electrons. The first-order valence-corrected chi connectivity index (χ1v) is 5.64. The van der Waals surface area contributed by atoms with Crippen LogP contribution in [0.25, 0.3) is 0 Å². The quantitative estimate of drug-likeness (QED) is 0.812. The van der Waals surface area contributed by atoms with E-state index < -0.39 is 17.7 Å². The van der Waals surface area contributed by atoms with Crippen molar-refractivity contribution in [3.8, 4) is 0 Å². The molecule has 2 rings (SSSR count). The van der Waals surface area contributed by atoms with Crippen LogP contribution < -0.4 is 0 Å². The van der Waals surface area contributed by atoms with Gasteiger partial charge in [0.25, 0.3) is 0 Å². The van der Waals surface area contributed by atoms with E-state index in [4.69, 9.17) is 4.74 Å². The zero-order valence-electron chi connectivity index (χ0n) is 9.50. The molecule has 94 valence electrons. The Bertz CT molecular complexity index is 375. The SMILES string of the molecule is CCOC(c1ccccn1)(C1CC1)C(F)(F)F. The van der Waals surface area contributed by atoms with Gasteiger partial charge in [-0.3, -0.25) is 4.98 Å². The van der Waals surface area contributed by atoms with Crippen molar-refractivity contribution < 1.29 is 17.9 Å². The van der Waals surface area contributed by atoms with Gasteiger partial charge in [-0.15, -0.1) is 0 Å². The molecule has 0 bridgehead atoms. The summed E-state index contributed by atoms with van der Waals surface area (Å²) in [5.74, 6) is -0.502. The minimum absolute atomic E-state index is 0.0204. The summed E-state index contributed by atoms with van der Waals surface area (Å²) in [4.78, 5) is 3.85. The molecule has 0 N–H and O–H groups in total. The van der Waals surface area contributed by atoms with Crippen molar-refractivity contribution in [2.45, 2.75) is 31.5 Å². The molecular weight excluding hydrogens is 231 g/mol. The number of halogens is 3. The second kappa shape index (κ2) is 4.29. The maximum atomic E-state index is 13.4. The Morgan fingerprint density at radius 2 is 2.06 bits per heavy atom. The van der Waals surface area contributed by atoms with E-state index in [-0.39, 0.29) is 12.3 Å². The number of hydrogen-bond acceptors (Lipinski definition) is 2. The molecule has 0 spiro atoms. The molecule has 1 aromatic rings. The van der Waals surface area contributed by atoms with Gasteiger partial charge in [-0.05, 0) is 31.9 Å². The van der Waals surface area contributed by atoms with Crippen molar-refractivity contribution in [1.29, 1.82) is 0 Å². The van der Waals surface area contributed by atoms with Gasteiger partial charge in [0.05, 0.1) is 5.69 Å². The lowest BCUT2D eigenvalue weighted by Gasteiger charge is -2.35. The monoisotopic (exact) mass is 245 g/mol. The van der Waals surface area contributed by atoms with Crippen LogP contribution in [0.4, 0.5) is 13.2 Å². The number of aromatic nitrogens is 1. The molecule has 1 fully saturated rings. The third-order valence-corrected chi connectivity index (χ3v) is 2.99. The van der Waals surface area contributed by atoms with E-state index in [1.54, 1.807) is 19.1 Å². The van der Waals surface area contributed by atoms with Crippen LogP contribution in [-0.2, 0) is 10.3 Å². The predicted molar refractivity (Wildman–Crippen MR) is 56.3 cm³/mol. The van der Waals surface area contributed by atoms with Crippen LogP contribution in [0.2, 0.25) is 0 Å². The minimum Gasteiger partial charge on any atom is -0.360 e. The van der Waals surface area contributed by atoms with Gasteiger partial charge in [0.1, 0.15) is 0 Å². The summed E-state index contributed by atoms with van der Waals surface area (Å²) in [6.45, 7) is 1.60. The number of rotatable bonds is 4. The second-order valence-electron chi connectivity index (χ2n) is 4.16. The van der Waals surface area contributed by atoms with Crippen LogP contribution in [0.1, 0.15) is 25.5 Å². The number of nitrogens with zero attached hydrogens (tertiary/aromatic N) is 1. The van der Waals surface area contributed by atoms with E-state index in [1.807, 2.05) is 0 Å². The van der Waals surface area contributed by atoms with Crippen molar-refractivity contribution in [3.63, 3.8) is 0 Å². The van der Waals surface area contributed by atoms with Crippen LogP contribution in [0.5, 0.6) is 0 Å². The minimum atomic E-state index is -4.43. The Balaban J connectivity index is 2.48. The topological polar surface area (TPSA) is 22.1 Å². The van der Waals surface area contributed by atoms with Crippen molar-refractivity contribution in [1.82, 2.24) is 4.98 Å². The van der Waals surface area contributed by atoms with E-state index in [9.17, 15) is 13.2 Å². The highest BCUT2D eigenvalue weighted by Gasteiger charge is 2.65. The third-order valence-electron chi connectivity index (χ3n) is 2.99. The number of alkyl halides is 3. The zero-order chi connectivity index (χ0) is 12.5. The fourth-order valence-corrected chi connectivity index (χ4v) is 2.16. The normalized spacial score (nSPS) is 20.0. The van der Waals surface area contributed by atoms with Gasteiger partial charge >= 0.3 is 6.18 Å². The van der Waals surface area contributed by atoms with Crippen LogP contribution in [0.3, 0.4) is 0 Å². The molecule has 1 unspecified atom stereocenters. The molecule has 5 heteroatoms. The van der Waals surface area contributed by atoms with E-state index in [0.29, 0.717) is 12.8 Å². The highest BCUT2D eigenvalue weighted by Crippen LogP contribution is 2.56. The first-order chi connectivity index (χ1) is 8.02. The largest absolute Gasteiger partial charge is 0.423 e. The van der Waals surface area contributed by atoms with Gasteiger partial charge in [-0.2, -0.15) is 13.2 Å². The highest BCUT2D eigenvalue weighted by atomic mass is 19.4. The molecule has 2 nitrogen and oxygen atoms in total. The Morgan fingerprint density at radius 3 is 2.47 bits per heavy atom. The molecule has 1 aromatic heterocycles. The molecule has 0 aromatic carbocycles.